The molecule has 1 N–H and O–H groups in total. The average Bonchev–Trinajstić information content (AvgIpc) is 2.72. The van der Waals surface area contributed by atoms with Crippen LogP contribution in [0.25, 0.3) is 11.0 Å². The molecule has 0 radical (unpaired) electrons. The van der Waals surface area contributed by atoms with Crippen molar-refractivity contribution in [1.29, 1.82) is 0 Å². The van der Waals surface area contributed by atoms with Crippen LogP contribution in [0, 0.1) is 0 Å². The molecule has 0 aliphatic heterocycles. The molecular formula is C13H15NO3. The van der Waals surface area contributed by atoms with E-state index < -0.39 is 0 Å². The van der Waals surface area contributed by atoms with Crippen LogP contribution in [-0.2, 0) is 11.2 Å². The van der Waals surface area contributed by atoms with Crippen molar-refractivity contribution >= 4 is 16.9 Å². The third-order valence-electron chi connectivity index (χ3n) is 2.59. The Morgan fingerprint density at radius 2 is 2.29 bits per heavy atom. The van der Waals surface area contributed by atoms with Crippen molar-refractivity contribution in [2.24, 2.45) is 0 Å². The van der Waals surface area contributed by atoms with Gasteiger partial charge in [0.15, 0.2) is 0 Å². The summed E-state index contributed by atoms with van der Waals surface area (Å²) >= 11 is 0. The first-order chi connectivity index (χ1) is 8.24. The van der Waals surface area contributed by atoms with Gasteiger partial charge in [-0.25, -0.2) is 0 Å². The predicted molar refractivity (Wildman–Crippen MR) is 65.2 cm³/mol. The number of carbonyl (C=O) groups is 1. The van der Waals surface area contributed by atoms with Gasteiger partial charge in [-0.3, -0.25) is 4.79 Å². The van der Waals surface area contributed by atoms with E-state index in [1.165, 1.54) is 0 Å². The van der Waals surface area contributed by atoms with Crippen molar-refractivity contribution in [1.82, 2.24) is 5.32 Å². The Labute approximate surface area is 99.6 Å². The van der Waals surface area contributed by atoms with Crippen LogP contribution in [0.5, 0.6) is 5.75 Å². The molecule has 0 unspecified atom stereocenters. The van der Waals surface area contributed by atoms with Crippen LogP contribution < -0.4 is 10.1 Å². The van der Waals surface area contributed by atoms with Crippen LogP contribution >= 0.6 is 0 Å². The van der Waals surface area contributed by atoms with E-state index in [0.29, 0.717) is 13.0 Å². The number of methoxy groups -OCH3 is 1. The zero-order valence-electron chi connectivity index (χ0n) is 9.95. The molecule has 17 heavy (non-hydrogen) atoms. The molecule has 1 amide bonds. The van der Waals surface area contributed by atoms with Crippen LogP contribution in [-0.4, -0.2) is 19.6 Å². The summed E-state index contributed by atoms with van der Waals surface area (Å²) in [7, 11) is 1.62. The van der Waals surface area contributed by atoms with Gasteiger partial charge in [-0.05, 0) is 25.1 Å². The number of likely N-dealkylation sites (N-methyl/N-ethyl adjacent to an activating group) is 1. The summed E-state index contributed by atoms with van der Waals surface area (Å²) < 4.78 is 10.5. The van der Waals surface area contributed by atoms with Gasteiger partial charge in [-0.15, -0.1) is 0 Å². The smallest absolute Gasteiger partial charge is 0.224 e. The van der Waals surface area contributed by atoms with Gasteiger partial charge >= 0.3 is 0 Å². The molecule has 1 heterocycles. The number of nitrogens with one attached hydrogen (secondary N) is 1. The Bertz CT molecular complexity index is 530. The van der Waals surface area contributed by atoms with Gasteiger partial charge in [0.1, 0.15) is 11.3 Å². The molecule has 2 rings (SSSR count). The maximum atomic E-state index is 11.5. The Morgan fingerprint density at radius 1 is 1.47 bits per heavy atom. The lowest BCUT2D eigenvalue weighted by Gasteiger charge is -2.01. The van der Waals surface area contributed by atoms with Crippen molar-refractivity contribution in [2.45, 2.75) is 13.3 Å². The lowest BCUT2D eigenvalue weighted by molar-refractivity contribution is -0.120. The first-order valence-electron chi connectivity index (χ1n) is 5.55. The number of ether oxygens (including phenoxy) is 1. The number of benzene rings is 1. The lowest BCUT2D eigenvalue weighted by Crippen LogP contribution is -2.24. The largest absolute Gasteiger partial charge is 0.497 e. The predicted octanol–water partition coefficient (Wildman–Crippen LogP) is 2.12. The number of fused-ring (bicyclic) bond motifs is 1. The van der Waals surface area contributed by atoms with Crippen molar-refractivity contribution in [3.8, 4) is 5.75 Å². The number of furan rings is 1. The summed E-state index contributed by atoms with van der Waals surface area (Å²) in [6.07, 6.45) is 1.95. The summed E-state index contributed by atoms with van der Waals surface area (Å²) in [5.74, 6) is 0.758. The van der Waals surface area contributed by atoms with Gasteiger partial charge in [-0.2, -0.15) is 0 Å². The molecule has 4 heteroatoms. The molecule has 0 spiro atoms. The Hall–Kier alpha value is -1.97. The van der Waals surface area contributed by atoms with E-state index in [2.05, 4.69) is 5.32 Å². The highest BCUT2D eigenvalue weighted by atomic mass is 16.5. The third-order valence-corrected chi connectivity index (χ3v) is 2.59. The van der Waals surface area contributed by atoms with Crippen LogP contribution in [0.2, 0.25) is 0 Å². The zero-order chi connectivity index (χ0) is 12.3. The molecule has 1 aromatic carbocycles. The van der Waals surface area contributed by atoms with Gasteiger partial charge in [0.25, 0.3) is 0 Å². The minimum Gasteiger partial charge on any atom is -0.497 e. The Balaban J connectivity index is 2.30. The minimum atomic E-state index is -0.00183. The number of rotatable bonds is 4. The van der Waals surface area contributed by atoms with E-state index in [4.69, 9.17) is 9.15 Å². The quantitative estimate of drug-likeness (QED) is 0.880. The number of hydrogen-bond donors (Lipinski definition) is 1. The van der Waals surface area contributed by atoms with Gasteiger partial charge < -0.3 is 14.5 Å². The fourth-order valence-corrected chi connectivity index (χ4v) is 1.76. The first kappa shape index (κ1) is 11.5. The minimum absolute atomic E-state index is 0.00183. The molecule has 4 nitrogen and oxygen atoms in total. The molecule has 0 fully saturated rings. The monoisotopic (exact) mass is 233 g/mol. The highest BCUT2D eigenvalue weighted by Gasteiger charge is 2.10. The molecule has 0 atom stereocenters. The summed E-state index contributed by atoms with van der Waals surface area (Å²) in [5.41, 5.74) is 1.65. The van der Waals surface area contributed by atoms with E-state index in [-0.39, 0.29) is 5.91 Å². The van der Waals surface area contributed by atoms with Crippen LogP contribution in [0.3, 0.4) is 0 Å². The van der Waals surface area contributed by atoms with Crippen LogP contribution in [0.15, 0.2) is 28.9 Å². The SMILES string of the molecule is CCNC(=O)Cc1coc2ccc(OC)cc12. The van der Waals surface area contributed by atoms with Crippen molar-refractivity contribution < 1.29 is 13.9 Å². The fraction of sp³-hybridized carbons (Fsp3) is 0.308. The first-order valence-corrected chi connectivity index (χ1v) is 5.55. The van der Waals surface area contributed by atoms with E-state index in [9.17, 15) is 4.79 Å². The van der Waals surface area contributed by atoms with E-state index in [0.717, 1.165) is 22.3 Å². The second-order valence-electron chi connectivity index (χ2n) is 3.75. The number of hydrogen-bond acceptors (Lipinski definition) is 3. The maximum absolute atomic E-state index is 11.5. The second kappa shape index (κ2) is 4.91. The number of carbonyl (C=O) groups excluding carboxylic acids is 1. The molecule has 90 valence electrons. The highest BCUT2D eigenvalue weighted by Crippen LogP contribution is 2.25. The molecule has 0 saturated heterocycles. The fourth-order valence-electron chi connectivity index (χ4n) is 1.76. The Kier molecular flexibility index (Phi) is 3.32. The van der Waals surface area contributed by atoms with Crippen molar-refractivity contribution in [3.05, 3.63) is 30.0 Å². The molecule has 0 aliphatic carbocycles. The molecule has 1 aromatic heterocycles. The summed E-state index contributed by atoms with van der Waals surface area (Å²) in [4.78, 5) is 11.5. The molecule has 0 aliphatic rings. The average molecular weight is 233 g/mol. The highest BCUT2D eigenvalue weighted by molar-refractivity contribution is 5.88. The van der Waals surface area contributed by atoms with E-state index in [1.807, 2.05) is 25.1 Å². The van der Waals surface area contributed by atoms with Gasteiger partial charge in [-0.1, -0.05) is 0 Å². The zero-order valence-corrected chi connectivity index (χ0v) is 9.95. The van der Waals surface area contributed by atoms with Gasteiger partial charge in [0.05, 0.1) is 19.8 Å². The standard InChI is InChI=1S/C13H15NO3/c1-3-14-13(15)6-9-8-17-12-5-4-10(16-2)7-11(9)12/h4-5,7-8H,3,6H2,1-2H3,(H,14,15). The van der Waals surface area contributed by atoms with Gasteiger partial charge in [0.2, 0.25) is 5.91 Å². The molecule has 0 saturated carbocycles. The summed E-state index contributed by atoms with van der Waals surface area (Å²) in [6.45, 7) is 2.53. The van der Waals surface area contributed by atoms with Crippen molar-refractivity contribution in [3.63, 3.8) is 0 Å². The second-order valence-corrected chi connectivity index (χ2v) is 3.75. The lowest BCUT2D eigenvalue weighted by atomic mass is 10.1. The molecule has 2 aromatic rings. The molecule has 0 bridgehead atoms. The normalized spacial score (nSPS) is 10.5. The maximum Gasteiger partial charge on any atom is 0.224 e. The van der Waals surface area contributed by atoms with Crippen molar-refractivity contribution in [2.75, 3.05) is 13.7 Å². The third kappa shape index (κ3) is 2.41. The van der Waals surface area contributed by atoms with Crippen LogP contribution in [0.4, 0.5) is 0 Å². The summed E-state index contributed by atoms with van der Waals surface area (Å²) in [5, 5.41) is 3.69. The van der Waals surface area contributed by atoms with Gasteiger partial charge in [0, 0.05) is 17.5 Å². The van der Waals surface area contributed by atoms with Crippen LogP contribution in [0.1, 0.15) is 12.5 Å². The van der Waals surface area contributed by atoms with E-state index >= 15 is 0 Å². The molecular weight excluding hydrogens is 218 g/mol. The topological polar surface area (TPSA) is 51.5 Å². The Morgan fingerprint density at radius 3 is 3.00 bits per heavy atom. The summed E-state index contributed by atoms with van der Waals surface area (Å²) in [6, 6.07) is 5.56. The van der Waals surface area contributed by atoms with E-state index in [1.54, 1.807) is 13.4 Å². The number of amides is 1.